The second-order valence-electron chi connectivity index (χ2n) is 7.34. The van der Waals surface area contributed by atoms with Gasteiger partial charge >= 0.3 is 0 Å². The standard InChI is InChI=1S/C19H30N4O2/c1-14-7-6-8-17(15(14)2)20-18(24)13-22-9-11-23(12-10-22)16(3)19(25)21(4)5/h6-8,16H,9-13H2,1-5H3,(H,20,24)/p+2/t16-/m1/s1. The molecule has 1 aliphatic rings. The van der Waals surface area contributed by atoms with Gasteiger partial charge in [-0.05, 0) is 38.0 Å². The van der Waals surface area contributed by atoms with Crippen LogP contribution >= 0.6 is 0 Å². The summed E-state index contributed by atoms with van der Waals surface area (Å²) in [6.45, 7) is 10.2. The number of nitrogens with zero attached hydrogens (tertiary/aromatic N) is 1. The van der Waals surface area contributed by atoms with Gasteiger partial charge in [-0.1, -0.05) is 12.1 Å². The van der Waals surface area contributed by atoms with Gasteiger partial charge in [0.05, 0.1) is 0 Å². The first kappa shape index (κ1) is 19.4. The van der Waals surface area contributed by atoms with Gasteiger partial charge in [0.2, 0.25) is 0 Å². The third-order valence-electron chi connectivity index (χ3n) is 5.31. The van der Waals surface area contributed by atoms with E-state index in [1.165, 1.54) is 15.4 Å². The number of quaternary nitrogens is 2. The first-order chi connectivity index (χ1) is 11.8. The Morgan fingerprint density at radius 1 is 1.16 bits per heavy atom. The molecule has 6 nitrogen and oxygen atoms in total. The molecule has 1 aliphatic heterocycles. The van der Waals surface area contributed by atoms with Crippen LogP contribution in [0.25, 0.3) is 0 Å². The number of hydrogen-bond acceptors (Lipinski definition) is 2. The molecule has 0 spiro atoms. The van der Waals surface area contributed by atoms with Crippen LogP contribution in [0.3, 0.4) is 0 Å². The number of benzene rings is 1. The number of hydrogen-bond donors (Lipinski definition) is 3. The highest BCUT2D eigenvalue weighted by Gasteiger charge is 2.32. The van der Waals surface area contributed by atoms with Gasteiger partial charge in [0.1, 0.15) is 26.2 Å². The highest BCUT2D eigenvalue weighted by Crippen LogP contribution is 2.17. The molecule has 138 valence electrons. The number of rotatable bonds is 5. The average Bonchev–Trinajstić information content (AvgIpc) is 2.58. The molecule has 0 unspecified atom stereocenters. The third kappa shape index (κ3) is 5.03. The molecule has 2 amide bonds. The molecular weight excluding hydrogens is 316 g/mol. The number of carbonyl (C=O) groups is 2. The van der Waals surface area contributed by atoms with E-state index in [0.29, 0.717) is 6.54 Å². The van der Waals surface area contributed by atoms with Crippen molar-refractivity contribution in [3.63, 3.8) is 0 Å². The Balaban J connectivity index is 1.82. The van der Waals surface area contributed by atoms with Crippen LogP contribution < -0.4 is 15.1 Å². The van der Waals surface area contributed by atoms with Gasteiger partial charge in [0.15, 0.2) is 12.6 Å². The molecule has 0 aromatic heterocycles. The zero-order valence-corrected chi connectivity index (χ0v) is 16.1. The average molecular weight is 348 g/mol. The first-order valence-corrected chi connectivity index (χ1v) is 9.05. The van der Waals surface area contributed by atoms with Crippen molar-refractivity contribution in [3.05, 3.63) is 29.3 Å². The summed E-state index contributed by atoms with van der Waals surface area (Å²) in [6.07, 6.45) is 0. The number of amides is 2. The summed E-state index contributed by atoms with van der Waals surface area (Å²) in [7, 11) is 3.61. The Labute approximate surface area is 150 Å². The zero-order chi connectivity index (χ0) is 18.6. The molecule has 25 heavy (non-hydrogen) atoms. The van der Waals surface area contributed by atoms with Crippen molar-refractivity contribution in [3.8, 4) is 0 Å². The number of piperazine rings is 1. The lowest BCUT2D eigenvalue weighted by molar-refractivity contribution is -1.01. The molecule has 0 radical (unpaired) electrons. The van der Waals surface area contributed by atoms with E-state index in [2.05, 4.69) is 18.3 Å². The number of anilines is 1. The van der Waals surface area contributed by atoms with E-state index in [1.807, 2.05) is 26.0 Å². The second-order valence-corrected chi connectivity index (χ2v) is 7.34. The highest BCUT2D eigenvalue weighted by molar-refractivity contribution is 5.92. The minimum Gasteiger partial charge on any atom is -0.344 e. The van der Waals surface area contributed by atoms with Crippen molar-refractivity contribution >= 4 is 17.5 Å². The Kier molecular flexibility index (Phi) is 6.56. The van der Waals surface area contributed by atoms with Gasteiger partial charge in [-0.15, -0.1) is 0 Å². The predicted molar refractivity (Wildman–Crippen MR) is 99.0 cm³/mol. The van der Waals surface area contributed by atoms with E-state index >= 15 is 0 Å². The third-order valence-corrected chi connectivity index (χ3v) is 5.31. The van der Waals surface area contributed by atoms with Gasteiger partial charge < -0.3 is 20.0 Å². The van der Waals surface area contributed by atoms with Crippen LogP contribution in [0.1, 0.15) is 18.1 Å². The van der Waals surface area contributed by atoms with Crippen LogP contribution in [0, 0.1) is 13.8 Å². The lowest BCUT2D eigenvalue weighted by Crippen LogP contribution is -3.30. The second kappa shape index (κ2) is 8.45. The van der Waals surface area contributed by atoms with Crippen LogP contribution in [0.15, 0.2) is 18.2 Å². The molecule has 1 atom stereocenters. The predicted octanol–water partition coefficient (Wildman–Crippen LogP) is -1.50. The van der Waals surface area contributed by atoms with Crippen molar-refractivity contribution in [1.82, 2.24) is 4.90 Å². The van der Waals surface area contributed by atoms with Crippen molar-refractivity contribution in [1.29, 1.82) is 0 Å². The summed E-state index contributed by atoms with van der Waals surface area (Å²) in [4.78, 5) is 28.7. The molecule has 1 saturated heterocycles. The Bertz CT molecular complexity index is 622. The summed E-state index contributed by atoms with van der Waals surface area (Å²) < 4.78 is 0. The zero-order valence-electron chi connectivity index (χ0n) is 16.1. The largest absolute Gasteiger partial charge is 0.344 e. The van der Waals surface area contributed by atoms with Crippen LogP contribution in [0.5, 0.6) is 0 Å². The summed E-state index contributed by atoms with van der Waals surface area (Å²) >= 11 is 0. The van der Waals surface area contributed by atoms with E-state index in [1.54, 1.807) is 19.0 Å². The first-order valence-electron chi connectivity index (χ1n) is 9.05. The fourth-order valence-corrected chi connectivity index (χ4v) is 3.40. The van der Waals surface area contributed by atoms with Crippen molar-refractivity contribution < 1.29 is 19.4 Å². The maximum Gasteiger partial charge on any atom is 0.280 e. The molecule has 0 aliphatic carbocycles. The van der Waals surface area contributed by atoms with Crippen molar-refractivity contribution in [2.24, 2.45) is 0 Å². The maximum absolute atomic E-state index is 12.4. The Morgan fingerprint density at radius 3 is 2.40 bits per heavy atom. The number of nitrogens with one attached hydrogen (secondary N) is 3. The van der Waals surface area contributed by atoms with Crippen molar-refractivity contribution in [2.45, 2.75) is 26.8 Å². The molecule has 1 heterocycles. The maximum atomic E-state index is 12.4. The van der Waals surface area contributed by atoms with Gasteiger partial charge in [-0.25, -0.2) is 0 Å². The molecular formula is C19H32N4O2+2. The number of likely N-dealkylation sites (N-methyl/N-ethyl adjacent to an activating group) is 1. The summed E-state index contributed by atoms with van der Waals surface area (Å²) in [5, 5.41) is 3.04. The number of aryl methyl sites for hydroxylation is 1. The molecule has 0 bridgehead atoms. The van der Waals surface area contributed by atoms with Crippen molar-refractivity contribution in [2.75, 3.05) is 52.1 Å². The minimum atomic E-state index is -0.0136. The molecule has 0 saturated carbocycles. The monoisotopic (exact) mass is 348 g/mol. The number of carbonyl (C=O) groups excluding carboxylic acids is 2. The fourth-order valence-electron chi connectivity index (χ4n) is 3.40. The molecule has 3 N–H and O–H groups in total. The minimum absolute atomic E-state index is 0.0136. The van der Waals surface area contributed by atoms with Gasteiger partial charge in [-0.2, -0.15) is 0 Å². The van der Waals surface area contributed by atoms with Gasteiger partial charge in [0, 0.05) is 19.8 Å². The van der Waals surface area contributed by atoms with Crippen LogP contribution in [-0.4, -0.2) is 69.6 Å². The topological polar surface area (TPSA) is 58.3 Å². The normalized spacial score (nSPS) is 21.5. The van der Waals surface area contributed by atoms with Gasteiger partial charge in [-0.3, -0.25) is 9.59 Å². The Hall–Kier alpha value is -1.92. The lowest BCUT2D eigenvalue weighted by Gasteiger charge is -2.33. The quantitative estimate of drug-likeness (QED) is 0.607. The van der Waals surface area contributed by atoms with Crippen LogP contribution in [0.4, 0.5) is 5.69 Å². The summed E-state index contributed by atoms with van der Waals surface area (Å²) in [5.41, 5.74) is 3.21. The van der Waals surface area contributed by atoms with Crippen LogP contribution in [-0.2, 0) is 9.59 Å². The molecule has 1 aromatic carbocycles. The van der Waals surface area contributed by atoms with E-state index in [-0.39, 0.29) is 17.9 Å². The molecule has 1 fully saturated rings. The van der Waals surface area contributed by atoms with Crippen LogP contribution in [0.2, 0.25) is 0 Å². The summed E-state index contributed by atoms with van der Waals surface area (Å²) in [5.74, 6) is 0.232. The van der Waals surface area contributed by atoms with Gasteiger partial charge in [0.25, 0.3) is 11.8 Å². The molecule has 2 rings (SSSR count). The fraction of sp³-hybridized carbons (Fsp3) is 0.579. The smallest absolute Gasteiger partial charge is 0.280 e. The Morgan fingerprint density at radius 2 is 1.80 bits per heavy atom. The van der Waals surface area contributed by atoms with E-state index < -0.39 is 0 Å². The van der Waals surface area contributed by atoms with E-state index in [9.17, 15) is 9.59 Å². The SMILES string of the molecule is Cc1cccc(NC(=O)C[NH+]2CC[NH+]([C@H](C)C(=O)N(C)C)CC2)c1C. The van der Waals surface area contributed by atoms with E-state index in [0.717, 1.165) is 37.4 Å². The lowest BCUT2D eigenvalue weighted by atomic mass is 10.1. The van der Waals surface area contributed by atoms with E-state index in [4.69, 9.17) is 0 Å². The molecule has 1 aromatic rings. The highest BCUT2D eigenvalue weighted by atomic mass is 16.2. The molecule has 6 heteroatoms. The summed E-state index contributed by atoms with van der Waals surface area (Å²) in [6, 6.07) is 5.96.